The van der Waals surface area contributed by atoms with E-state index >= 15 is 0 Å². The smallest absolute Gasteiger partial charge is 0.228 e. The zero-order valence-electron chi connectivity index (χ0n) is 11.1. The number of hydrogen-bond acceptors (Lipinski definition) is 3. The van der Waals surface area contributed by atoms with E-state index in [2.05, 4.69) is 5.32 Å². The van der Waals surface area contributed by atoms with Crippen molar-refractivity contribution in [2.45, 2.75) is 26.3 Å². The van der Waals surface area contributed by atoms with Crippen molar-refractivity contribution in [2.75, 3.05) is 5.32 Å². The summed E-state index contributed by atoms with van der Waals surface area (Å²) in [5.74, 6) is -0.750. The first-order valence-electron chi connectivity index (χ1n) is 5.84. The molecular weight excluding hydrogens is 266 g/mol. The van der Waals surface area contributed by atoms with Crippen molar-refractivity contribution >= 4 is 29.9 Å². The molecule has 2 atom stereocenters. The molecule has 0 aliphatic rings. The molecule has 2 unspecified atom stereocenters. The Morgan fingerprint density at radius 3 is 2.16 bits per heavy atom. The van der Waals surface area contributed by atoms with Gasteiger partial charge in [-0.15, -0.1) is 12.4 Å². The first-order chi connectivity index (χ1) is 8.40. The number of carbonyl (C=O) groups excluding carboxylic acids is 2. The van der Waals surface area contributed by atoms with Crippen LogP contribution in [0.3, 0.4) is 0 Å². The zero-order valence-corrected chi connectivity index (χ0v) is 11.9. The number of amides is 2. The third-order valence-electron chi connectivity index (χ3n) is 2.80. The molecule has 1 rings (SSSR count). The van der Waals surface area contributed by atoms with Gasteiger partial charge in [0.2, 0.25) is 11.8 Å². The van der Waals surface area contributed by atoms with Crippen LogP contribution in [0.2, 0.25) is 0 Å². The van der Waals surface area contributed by atoms with Gasteiger partial charge in [-0.25, -0.2) is 0 Å². The minimum atomic E-state index is -0.377. The highest BCUT2D eigenvalue weighted by Crippen LogP contribution is 2.12. The summed E-state index contributed by atoms with van der Waals surface area (Å²) in [6.45, 7) is 3.57. The molecule has 5 N–H and O–H groups in total. The van der Waals surface area contributed by atoms with Crippen LogP contribution in [0.4, 0.5) is 5.69 Å². The highest BCUT2D eigenvalue weighted by Gasteiger charge is 2.16. The second-order valence-electron chi connectivity index (χ2n) is 4.48. The molecule has 0 aromatic heterocycles. The molecule has 1 aromatic rings. The molecule has 6 heteroatoms. The Hall–Kier alpha value is -1.59. The van der Waals surface area contributed by atoms with Gasteiger partial charge >= 0.3 is 0 Å². The van der Waals surface area contributed by atoms with Gasteiger partial charge in [0.1, 0.15) is 0 Å². The normalized spacial score (nSPS) is 13.0. The lowest BCUT2D eigenvalue weighted by Crippen LogP contribution is -2.34. The van der Waals surface area contributed by atoms with Crippen molar-refractivity contribution in [1.29, 1.82) is 0 Å². The molecular formula is C13H20ClN3O2. The minimum absolute atomic E-state index is 0. The van der Waals surface area contributed by atoms with Crippen molar-refractivity contribution in [3.63, 3.8) is 0 Å². The number of nitrogens with two attached hydrogens (primary N) is 2. The first-order valence-corrected chi connectivity index (χ1v) is 5.84. The lowest BCUT2D eigenvalue weighted by molar-refractivity contribution is -0.120. The summed E-state index contributed by atoms with van der Waals surface area (Å²) in [6, 6.07) is 6.81. The van der Waals surface area contributed by atoms with Gasteiger partial charge in [0, 0.05) is 11.7 Å². The molecule has 0 heterocycles. The average Bonchev–Trinajstić information content (AvgIpc) is 2.29. The quantitative estimate of drug-likeness (QED) is 0.754. The van der Waals surface area contributed by atoms with Crippen LogP contribution in [0, 0.1) is 5.92 Å². The van der Waals surface area contributed by atoms with E-state index in [0.29, 0.717) is 5.69 Å². The third-order valence-corrected chi connectivity index (χ3v) is 2.80. The monoisotopic (exact) mass is 285 g/mol. The van der Waals surface area contributed by atoms with Gasteiger partial charge < -0.3 is 16.8 Å². The van der Waals surface area contributed by atoms with Gasteiger partial charge in [0.25, 0.3) is 0 Å². The summed E-state index contributed by atoms with van der Waals surface area (Å²) in [7, 11) is 0. The third kappa shape index (κ3) is 5.72. The van der Waals surface area contributed by atoms with Crippen LogP contribution in [0.15, 0.2) is 24.3 Å². The summed E-state index contributed by atoms with van der Waals surface area (Å²) in [4.78, 5) is 22.5. The SMILES string of the molecule is CC(N)C(C)C(=O)Nc1ccc(CC(N)=O)cc1.Cl. The molecule has 106 valence electrons. The van der Waals surface area contributed by atoms with Crippen LogP contribution >= 0.6 is 12.4 Å². The Balaban J connectivity index is 0.00000324. The fourth-order valence-corrected chi connectivity index (χ4v) is 1.40. The highest BCUT2D eigenvalue weighted by atomic mass is 35.5. The molecule has 0 radical (unpaired) electrons. The summed E-state index contributed by atoms with van der Waals surface area (Å²) >= 11 is 0. The molecule has 0 saturated carbocycles. The second-order valence-corrected chi connectivity index (χ2v) is 4.48. The van der Waals surface area contributed by atoms with Crippen LogP contribution in [0.25, 0.3) is 0 Å². The first kappa shape index (κ1) is 17.4. The van der Waals surface area contributed by atoms with Crippen LogP contribution < -0.4 is 16.8 Å². The molecule has 0 fully saturated rings. The van der Waals surface area contributed by atoms with Crippen molar-refractivity contribution in [2.24, 2.45) is 17.4 Å². The van der Waals surface area contributed by atoms with E-state index in [0.717, 1.165) is 5.56 Å². The lowest BCUT2D eigenvalue weighted by Gasteiger charge is -2.15. The minimum Gasteiger partial charge on any atom is -0.369 e. The number of nitrogens with one attached hydrogen (secondary N) is 1. The molecule has 2 amide bonds. The van der Waals surface area contributed by atoms with Crippen molar-refractivity contribution in [3.05, 3.63) is 29.8 Å². The molecule has 0 bridgehead atoms. The van der Waals surface area contributed by atoms with Crippen LogP contribution in [-0.2, 0) is 16.0 Å². The van der Waals surface area contributed by atoms with Crippen molar-refractivity contribution in [3.8, 4) is 0 Å². The van der Waals surface area contributed by atoms with E-state index in [-0.39, 0.29) is 42.6 Å². The Morgan fingerprint density at radius 2 is 1.74 bits per heavy atom. The van der Waals surface area contributed by atoms with Gasteiger partial charge in [-0.05, 0) is 24.6 Å². The van der Waals surface area contributed by atoms with Gasteiger partial charge in [-0.2, -0.15) is 0 Å². The Labute approximate surface area is 119 Å². The molecule has 5 nitrogen and oxygen atoms in total. The topological polar surface area (TPSA) is 98.2 Å². The number of anilines is 1. The standard InChI is InChI=1S/C13H19N3O2.ClH/c1-8(9(2)14)13(18)16-11-5-3-10(4-6-11)7-12(15)17;/h3-6,8-9H,7,14H2,1-2H3,(H2,15,17)(H,16,18);1H. The second kappa shape index (κ2) is 7.76. The average molecular weight is 286 g/mol. The zero-order chi connectivity index (χ0) is 13.7. The van der Waals surface area contributed by atoms with Gasteiger partial charge in [-0.1, -0.05) is 19.1 Å². The molecule has 19 heavy (non-hydrogen) atoms. The van der Waals surface area contributed by atoms with Gasteiger partial charge in [0.15, 0.2) is 0 Å². The predicted octanol–water partition coefficient (Wildman–Crippen LogP) is 1.06. The molecule has 0 aliphatic heterocycles. The van der Waals surface area contributed by atoms with E-state index in [1.807, 2.05) is 0 Å². The Morgan fingerprint density at radius 1 is 1.21 bits per heavy atom. The number of primary amides is 1. The van der Waals surface area contributed by atoms with E-state index < -0.39 is 0 Å². The molecule has 0 spiro atoms. The highest BCUT2D eigenvalue weighted by molar-refractivity contribution is 5.92. The van der Waals surface area contributed by atoms with E-state index in [4.69, 9.17) is 11.5 Å². The fourth-order valence-electron chi connectivity index (χ4n) is 1.40. The summed E-state index contributed by atoms with van der Waals surface area (Å²) in [5.41, 5.74) is 12.3. The number of hydrogen-bond donors (Lipinski definition) is 3. The summed E-state index contributed by atoms with van der Waals surface area (Å²) in [6.07, 6.45) is 0.199. The van der Waals surface area contributed by atoms with E-state index in [9.17, 15) is 9.59 Å². The number of rotatable bonds is 5. The Kier molecular flexibility index (Phi) is 7.11. The van der Waals surface area contributed by atoms with Crippen molar-refractivity contribution in [1.82, 2.24) is 0 Å². The van der Waals surface area contributed by atoms with E-state index in [1.165, 1.54) is 0 Å². The lowest BCUT2D eigenvalue weighted by atomic mass is 10.0. The molecule has 1 aromatic carbocycles. The van der Waals surface area contributed by atoms with Crippen LogP contribution in [0.1, 0.15) is 19.4 Å². The molecule has 0 saturated heterocycles. The maximum Gasteiger partial charge on any atom is 0.228 e. The number of benzene rings is 1. The Bertz CT molecular complexity index is 432. The summed E-state index contributed by atoms with van der Waals surface area (Å²) < 4.78 is 0. The predicted molar refractivity (Wildman–Crippen MR) is 78.0 cm³/mol. The van der Waals surface area contributed by atoms with Crippen molar-refractivity contribution < 1.29 is 9.59 Å². The maximum absolute atomic E-state index is 11.8. The van der Waals surface area contributed by atoms with Gasteiger partial charge in [0.05, 0.1) is 12.3 Å². The summed E-state index contributed by atoms with van der Waals surface area (Å²) in [5, 5.41) is 2.77. The fraction of sp³-hybridized carbons (Fsp3) is 0.385. The van der Waals surface area contributed by atoms with Crippen LogP contribution in [-0.4, -0.2) is 17.9 Å². The largest absolute Gasteiger partial charge is 0.369 e. The number of carbonyl (C=O) groups is 2. The molecule has 0 aliphatic carbocycles. The number of halogens is 1. The van der Waals surface area contributed by atoms with E-state index in [1.54, 1.807) is 38.1 Å². The van der Waals surface area contributed by atoms with Gasteiger partial charge in [-0.3, -0.25) is 9.59 Å². The maximum atomic E-state index is 11.8. The van der Waals surface area contributed by atoms with Crippen LogP contribution in [0.5, 0.6) is 0 Å².